The maximum absolute atomic E-state index is 9.40. The van der Waals surface area contributed by atoms with Gasteiger partial charge in [-0.05, 0) is 6.92 Å². The molecule has 0 aliphatic heterocycles. The molecule has 0 aliphatic rings. The molecule has 2 N–H and O–H groups in total. The van der Waals surface area contributed by atoms with Crippen LogP contribution in [0.5, 0.6) is 0 Å². The number of aromatic nitrogens is 3. The lowest BCUT2D eigenvalue weighted by atomic mass is 10.1. The minimum atomic E-state index is -0.572. The Morgan fingerprint density at radius 2 is 2.31 bits per heavy atom. The fraction of sp³-hybridized carbons (Fsp3) is 0.250. The molecule has 0 fully saturated rings. The van der Waals surface area contributed by atoms with E-state index >= 15 is 0 Å². The van der Waals surface area contributed by atoms with E-state index in [4.69, 9.17) is 11.6 Å². The molecule has 0 radical (unpaired) electrons. The summed E-state index contributed by atoms with van der Waals surface area (Å²) in [6, 6.07) is 0. The lowest BCUT2D eigenvalue weighted by Gasteiger charge is -2.01. The van der Waals surface area contributed by atoms with E-state index in [-0.39, 0.29) is 0 Å². The molecule has 0 aromatic carbocycles. The Kier molecular flexibility index (Phi) is 1.94. The van der Waals surface area contributed by atoms with Crippen molar-refractivity contribution in [2.24, 2.45) is 0 Å². The molecule has 0 aliphatic carbocycles. The molecule has 2 heterocycles. The molecule has 2 aromatic rings. The van der Waals surface area contributed by atoms with Gasteiger partial charge in [-0.3, -0.25) is 0 Å². The van der Waals surface area contributed by atoms with Crippen LogP contribution in [0.15, 0.2) is 12.5 Å². The average Bonchev–Trinajstić information content (AvgIpc) is 2.49. The predicted molar refractivity (Wildman–Crippen MR) is 49.5 cm³/mol. The average molecular weight is 198 g/mol. The summed E-state index contributed by atoms with van der Waals surface area (Å²) < 4.78 is 0. The molecular formula is C8H8ClN3O. The highest BCUT2D eigenvalue weighted by molar-refractivity contribution is 6.34. The molecule has 2 aromatic heterocycles. The summed E-state index contributed by atoms with van der Waals surface area (Å²) in [4.78, 5) is 10.7. The van der Waals surface area contributed by atoms with Crippen molar-refractivity contribution in [3.63, 3.8) is 0 Å². The summed E-state index contributed by atoms with van der Waals surface area (Å²) in [5, 5.41) is 10.5. The monoisotopic (exact) mass is 197 g/mol. The van der Waals surface area contributed by atoms with E-state index in [1.807, 2.05) is 0 Å². The van der Waals surface area contributed by atoms with Crippen LogP contribution in [0.25, 0.3) is 11.0 Å². The molecule has 4 nitrogen and oxygen atoms in total. The van der Waals surface area contributed by atoms with E-state index < -0.39 is 6.10 Å². The molecule has 0 spiro atoms. The quantitative estimate of drug-likeness (QED) is 0.684. The van der Waals surface area contributed by atoms with E-state index in [9.17, 15) is 5.11 Å². The number of nitrogens with zero attached hydrogens (tertiary/aromatic N) is 2. The number of fused-ring (bicyclic) bond motifs is 1. The minimum Gasteiger partial charge on any atom is -0.389 e. The largest absolute Gasteiger partial charge is 0.389 e. The van der Waals surface area contributed by atoms with Gasteiger partial charge in [0.1, 0.15) is 17.1 Å². The summed E-state index contributed by atoms with van der Waals surface area (Å²) in [6.45, 7) is 1.67. The van der Waals surface area contributed by atoms with Crippen LogP contribution < -0.4 is 0 Å². The zero-order valence-corrected chi connectivity index (χ0v) is 7.71. The summed E-state index contributed by atoms with van der Waals surface area (Å²) in [7, 11) is 0. The third-order valence-corrected chi connectivity index (χ3v) is 2.19. The Balaban J connectivity index is 2.79. The zero-order chi connectivity index (χ0) is 9.42. The van der Waals surface area contributed by atoms with Crippen LogP contribution in [0.1, 0.15) is 18.6 Å². The summed E-state index contributed by atoms with van der Waals surface area (Å²) >= 11 is 5.87. The van der Waals surface area contributed by atoms with Crippen LogP contribution in [0.2, 0.25) is 5.15 Å². The Morgan fingerprint density at radius 1 is 1.54 bits per heavy atom. The number of halogens is 1. The SMILES string of the molecule is C[C@@H](O)c1c[nH]c2ncnc(Cl)c12. The molecule has 13 heavy (non-hydrogen) atoms. The second-order valence-electron chi connectivity index (χ2n) is 2.81. The van der Waals surface area contributed by atoms with Gasteiger partial charge in [-0.1, -0.05) is 11.6 Å². The Hall–Kier alpha value is -1.13. The maximum atomic E-state index is 9.40. The number of aliphatic hydroxyl groups excluding tert-OH is 1. The highest BCUT2D eigenvalue weighted by Gasteiger charge is 2.12. The molecule has 0 unspecified atom stereocenters. The van der Waals surface area contributed by atoms with Crippen molar-refractivity contribution >= 4 is 22.6 Å². The van der Waals surface area contributed by atoms with Gasteiger partial charge < -0.3 is 10.1 Å². The van der Waals surface area contributed by atoms with E-state index in [0.717, 1.165) is 5.56 Å². The van der Waals surface area contributed by atoms with Crippen molar-refractivity contribution in [3.8, 4) is 0 Å². The number of H-pyrrole nitrogens is 1. The van der Waals surface area contributed by atoms with E-state index in [2.05, 4.69) is 15.0 Å². The van der Waals surface area contributed by atoms with Crippen molar-refractivity contribution in [3.05, 3.63) is 23.2 Å². The molecule has 0 amide bonds. The first-order valence-corrected chi connectivity index (χ1v) is 4.23. The minimum absolute atomic E-state index is 0.363. The number of aromatic amines is 1. The van der Waals surface area contributed by atoms with Crippen LogP contribution in [0, 0.1) is 0 Å². The molecule has 1 atom stereocenters. The number of aliphatic hydroxyl groups is 1. The second-order valence-corrected chi connectivity index (χ2v) is 3.17. The lowest BCUT2D eigenvalue weighted by Crippen LogP contribution is -1.90. The van der Waals surface area contributed by atoms with Gasteiger partial charge in [0.05, 0.1) is 11.5 Å². The van der Waals surface area contributed by atoms with Crippen molar-refractivity contribution in [1.82, 2.24) is 15.0 Å². The molecule has 68 valence electrons. The van der Waals surface area contributed by atoms with E-state index in [1.54, 1.807) is 13.1 Å². The topological polar surface area (TPSA) is 61.8 Å². The first-order valence-electron chi connectivity index (χ1n) is 3.85. The Morgan fingerprint density at radius 3 is 3.00 bits per heavy atom. The number of nitrogens with one attached hydrogen (secondary N) is 1. The number of rotatable bonds is 1. The van der Waals surface area contributed by atoms with Crippen LogP contribution in [-0.4, -0.2) is 20.1 Å². The lowest BCUT2D eigenvalue weighted by molar-refractivity contribution is 0.201. The molecule has 5 heteroatoms. The zero-order valence-electron chi connectivity index (χ0n) is 6.95. The Labute approximate surface area is 79.6 Å². The fourth-order valence-electron chi connectivity index (χ4n) is 1.28. The van der Waals surface area contributed by atoms with Crippen molar-refractivity contribution < 1.29 is 5.11 Å². The molecule has 0 bridgehead atoms. The molecule has 2 rings (SSSR count). The first-order chi connectivity index (χ1) is 6.20. The van der Waals surface area contributed by atoms with Gasteiger partial charge in [0.15, 0.2) is 0 Å². The summed E-state index contributed by atoms with van der Waals surface area (Å²) in [5.41, 5.74) is 1.37. The fourth-order valence-corrected chi connectivity index (χ4v) is 1.52. The van der Waals surface area contributed by atoms with Crippen molar-refractivity contribution in [2.75, 3.05) is 0 Å². The van der Waals surface area contributed by atoms with Gasteiger partial charge >= 0.3 is 0 Å². The molecule has 0 saturated heterocycles. The van der Waals surface area contributed by atoms with Gasteiger partial charge in [0.25, 0.3) is 0 Å². The van der Waals surface area contributed by atoms with E-state index in [1.165, 1.54) is 6.33 Å². The summed E-state index contributed by atoms with van der Waals surface area (Å²) in [5.74, 6) is 0. The number of hydrogen-bond acceptors (Lipinski definition) is 3. The molecule has 0 saturated carbocycles. The number of hydrogen-bond donors (Lipinski definition) is 2. The van der Waals surface area contributed by atoms with Crippen LogP contribution in [0.3, 0.4) is 0 Å². The van der Waals surface area contributed by atoms with Gasteiger partial charge in [-0.25, -0.2) is 9.97 Å². The normalized spacial score (nSPS) is 13.5. The van der Waals surface area contributed by atoms with Gasteiger partial charge in [-0.15, -0.1) is 0 Å². The van der Waals surface area contributed by atoms with Gasteiger partial charge in [0, 0.05) is 11.8 Å². The third-order valence-electron chi connectivity index (χ3n) is 1.90. The van der Waals surface area contributed by atoms with Gasteiger partial charge in [0.2, 0.25) is 0 Å². The standard InChI is InChI=1S/C8H8ClN3O/c1-4(13)5-2-10-8-6(5)7(9)11-3-12-8/h2-4,13H,1H3,(H,10,11,12)/t4-/m1/s1. The third kappa shape index (κ3) is 1.28. The van der Waals surface area contributed by atoms with Crippen molar-refractivity contribution in [2.45, 2.75) is 13.0 Å². The van der Waals surface area contributed by atoms with E-state index in [0.29, 0.717) is 16.2 Å². The van der Waals surface area contributed by atoms with Crippen LogP contribution in [0.4, 0.5) is 0 Å². The smallest absolute Gasteiger partial charge is 0.142 e. The van der Waals surface area contributed by atoms with Crippen LogP contribution in [-0.2, 0) is 0 Å². The first kappa shape index (κ1) is 8.47. The van der Waals surface area contributed by atoms with Crippen LogP contribution >= 0.6 is 11.6 Å². The summed E-state index contributed by atoms with van der Waals surface area (Å²) in [6.07, 6.45) is 2.50. The Bertz CT molecular complexity index is 438. The van der Waals surface area contributed by atoms with Gasteiger partial charge in [-0.2, -0.15) is 0 Å². The highest BCUT2D eigenvalue weighted by Crippen LogP contribution is 2.27. The predicted octanol–water partition coefficient (Wildman–Crippen LogP) is 1.66. The maximum Gasteiger partial charge on any atom is 0.142 e. The van der Waals surface area contributed by atoms with Crippen molar-refractivity contribution in [1.29, 1.82) is 0 Å². The second kappa shape index (κ2) is 2.97. The molecular weight excluding hydrogens is 190 g/mol. The highest BCUT2D eigenvalue weighted by atomic mass is 35.5.